The molecular weight excluding hydrogens is 172 g/mol. The van der Waals surface area contributed by atoms with Gasteiger partial charge < -0.3 is 10.0 Å². The van der Waals surface area contributed by atoms with Crippen LogP contribution in [-0.4, -0.2) is 45.1 Å². The number of aliphatic hydroxyl groups excluding tert-OH is 1. The molecule has 0 aromatic carbocycles. The highest BCUT2D eigenvalue weighted by Gasteiger charge is 2.39. The summed E-state index contributed by atoms with van der Waals surface area (Å²) in [5, 5.41) is 18.9. The molecule has 0 bridgehead atoms. The quantitative estimate of drug-likeness (QED) is 0.537. The SMILES string of the molecule is O=C1N(O)C(O)CC2CCCCN12. The first-order chi connectivity index (χ1) is 6.20. The van der Waals surface area contributed by atoms with E-state index in [1.165, 1.54) is 0 Å². The summed E-state index contributed by atoms with van der Waals surface area (Å²) >= 11 is 0. The van der Waals surface area contributed by atoms with Gasteiger partial charge in [0.05, 0.1) is 0 Å². The number of hydrogen-bond acceptors (Lipinski definition) is 3. The number of piperidine rings is 1. The molecule has 0 radical (unpaired) electrons. The Morgan fingerprint density at radius 1 is 1.38 bits per heavy atom. The molecule has 5 nitrogen and oxygen atoms in total. The lowest BCUT2D eigenvalue weighted by molar-refractivity contribution is -0.188. The predicted molar refractivity (Wildman–Crippen MR) is 44.0 cm³/mol. The van der Waals surface area contributed by atoms with E-state index in [1.807, 2.05) is 0 Å². The van der Waals surface area contributed by atoms with Crippen LogP contribution in [-0.2, 0) is 0 Å². The minimum absolute atomic E-state index is 0.125. The van der Waals surface area contributed by atoms with E-state index in [0.717, 1.165) is 19.3 Å². The Kier molecular flexibility index (Phi) is 2.13. The van der Waals surface area contributed by atoms with Crippen LogP contribution in [0.5, 0.6) is 0 Å². The molecule has 2 unspecified atom stereocenters. The molecule has 2 rings (SSSR count). The van der Waals surface area contributed by atoms with E-state index in [-0.39, 0.29) is 6.04 Å². The molecule has 0 aromatic heterocycles. The summed E-state index contributed by atoms with van der Waals surface area (Å²) in [7, 11) is 0. The predicted octanol–water partition coefficient (Wildman–Crippen LogP) is 0.374. The van der Waals surface area contributed by atoms with Gasteiger partial charge in [0.25, 0.3) is 0 Å². The monoisotopic (exact) mass is 186 g/mol. The maximum absolute atomic E-state index is 11.4. The van der Waals surface area contributed by atoms with Crippen molar-refractivity contribution in [2.24, 2.45) is 0 Å². The summed E-state index contributed by atoms with van der Waals surface area (Å²) in [6.07, 6.45) is 2.48. The molecule has 13 heavy (non-hydrogen) atoms. The molecule has 0 saturated carbocycles. The number of carbonyl (C=O) groups excluding carboxylic acids is 1. The molecule has 2 amide bonds. The fourth-order valence-electron chi connectivity index (χ4n) is 2.10. The highest BCUT2D eigenvalue weighted by Crippen LogP contribution is 2.26. The number of nitrogens with zero attached hydrogens (tertiary/aromatic N) is 2. The summed E-state index contributed by atoms with van der Waals surface area (Å²) in [5.41, 5.74) is 0. The Hall–Kier alpha value is -0.810. The Labute approximate surface area is 76.5 Å². The minimum atomic E-state index is -1.02. The average molecular weight is 186 g/mol. The molecule has 0 spiro atoms. The molecule has 2 saturated heterocycles. The Morgan fingerprint density at radius 2 is 2.15 bits per heavy atom. The van der Waals surface area contributed by atoms with Crippen LogP contribution in [0.3, 0.4) is 0 Å². The number of hydroxylamine groups is 2. The molecular formula is C8H14N2O3. The van der Waals surface area contributed by atoms with Gasteiger partial charge in [0.2, 0.25) is 0 Å². The Bertz CT molecular complexity index is 221. The van der Waals surface area contributed by atoms with Crippen LogP contribution in [0.25, 0.3) is 0 Å². The third kappa shape index (κ3) is 1.38. The fraction of sp³-hybridized carbons (Fsp3) is 0.875. The minimum Gasteiger partial charge on any atom is -0.371 e. The van der Waals surface area contributed by atoms with E-state index >= 15 is 0 Å². The van der Waals surface area contributed by atoms with Crippen LogP contribution in [0.15, 0.2) is 0 Å². The topological polar surface area (TPSA) is 64.0 Å². The second kappa shape index (κ2) is 3.16. The van der Waals surface area contributed by atoms with Crippen molar-refractivity contribution in [3.8, 4) is 0 Å². The molecule has 2 aliphatic heterocycles. The standard InChI is InChI=1S/C8H14N2O3/c11-7-5-6-3-1-2-4-9(6)8(12)10(7)13/h6-7,11,13H,1-5H2. The molecule has 0 aliphatic carbocycles. The number of hydrogen-bond donors (Lipinski definition) is 2. The van der Waals surface area contributed by atoms with Crippen LogP contribution in [0, 0.1) is 0 Å². The van der Waals surface area contributed by atoms with Crippen molar-refractivity contribution in [1.82, 2.24) is 9.96 Å². The second-order valence-electron chi connectivity index (χ2n) is 3.69. The van der Waals surface area contributed by atoms with Crippen molar-refractivity contribution in [1.29, 1.82) is 0 Å². The number of aliphatic hydroxyl groups is 1. The van der Waals surface area contributed by atoms with Gasteiger partial charge in [-0.25, -0.2) is 4.79 Å². The lowest BCUT2D eigenvalue weighted by atomic mass is 9.97. The smallest absolute Gasteiger partial charge is 0.346 e. The van der Waals surface area contributed by atoms with Gasteiger partial charge in [-0.3, -0.25) is 5.21 Å². The van der Waals surface area contributed by atoms with E-state index in [0.29, 0.717) is 18.0 Å². The lowest BCUT2D eigenvalue weighted by Gasteiger charge is -2.43. The van der Waals surface area contributed by atoms with Crippen molar-refractivity contribution >= 4 is 6.03 Å². The molecule has 2 aliphatic rings. The van der Waals surface area contributed by atoms with Crippen LogP contribution >= 0.6 is 0 Å². The summed E-state index contributed by atoms with van der Waals surface area (Å²) in [4.78, 5) is 13.1. The van der Waals surface area contributed by atoms with E-state index in [4.69, 9.17) is 0 Å². The van der Waals surface area contributed by atoms with Gasteiger partial charge in [-0.2, -0.15) is 5.06 Å². The summed E-state index contributed by atoms with van der Waals surface area (Å²) in [6, 6.07) is -0.330. The van der Waals surface area contributed by atoms with Gasteiger partial charge in [-0.05, 0) is 19.3 Å². The maximum Gasteiger partial charge on any atom is 0.346 e. The number of rotatable bonds is 0. The van der Waals surface area contributed by atoms with E-state index in [2.05, 4.69) is 0 Å². The van der Waals surface area contributed by atoms with Gasteiger partial charge in [0, 0.05) is 19.0 Å². The molecule has 2 N–H and O–H groups in total. The van der Waals surface area contributed by atoms with E-state index in [1.54, 1.807) is 4.90 Å². The molecule has 74 valence electrons. The molecule has 2 heterocycles. The van der Waals surface area contributed by atoms with Crippen molar-refractivity contribution in [3.05, 3.63) is 0 Å². The van der Waals surface area contributed by atoms with E-state index < -0.39 is 12.3 Å². The third-order valence-corrected chi connectivity index (χ3v) is 2.83. The highest BCUT2D eigenvalue weighted by molar-refractivity contribution is 5.74. The molecule has 0 aromatic rings. The van der Waals surface area contributed by atoms with Crippen molar-refractivity contribution in [3.63, 3.8) is 0 Å². The van der Waals surface area contributed by atoms with Gasteiger partial charge in [0.15, 0.2) is 6.23 Å². The maximum atomic E-state index is 11.4. The first-order valence-electron chi connectivity index (χ1n) is 4.67. The third-order valence-electron chi connectivity index (χ3n) is 2.83. The number of urea groups is 1. The van der Waals surface area contributed by atoms with Crippen LogP contribution in [0.4, 0.5) is 4.79 Å². The van der Waals surface area contributed by atoms with Gasteiger partial charge >= 0.3 is 6.03 Å². The lowest BCUT2D eigenvalue weighted by Crippen LogP contribution is -2.58. The highest BCUT2D eigenvalue weighted by atomic mass is 16.6. The first-order valence-corrected chi connectivity index (χ1v) is 4.67. The summed E-state index contributed by atoms with van der Waals surface area (Å²) in [6.45, 7) is 0.702. The van der Waals surface area contributed by atoms with E-state index in [9.17, 15) is 15.1 Å². The second-order valence-corrected chi connectivity index (χ2v) is 3.69. The largest absolute Gasteiger partial charge is 0.371 e. The molecule has 2 atom stereocenters. The molecule has 5 heteroatoms. The number of amides is 2. The van der Waals surface area contributed by atoms with Crippen molar-refractivity contribution in [2.75, 3.05) is 6.54 Å². The fourth-order valence-corrected chi connectivity index (χ4v) is 2.10. The number of fused-ring (bicyclic) bond motifs is 1. The van der Waals surface area contributed by atoms with Gasteiger partial charge in [-0.1, -0.05) is 0 Å². The van der Waals surface area contributed by atoms with Crippen LogP contribution in [0.2, 0.25) is 0 Å². The Balaban J connectivity index is 2.12. The van der Waals surface area contributed by atoms with Crippen LogP contribution in [0.1, 0.15) is 25.7 Å². The van der Waals surface area contributed by atoms with Crippen molar-refractivity contribution < 1.29 is 15.1 Å². The summed E-state index contributed by atoms with van der Waals surface area (Å²) < 4.78 is 0. The van der Waals surface area contributed by atoms with Gasteiger partial charge in [-0.15, -0.1) is 0 Å². The van der Waals surface area contributed by atoms with Crippen LogP contribution < -0.4 is 0 Å². The zero-order valence-electron chi connectivity index (χ0n) is 7.39. The Morgan fingerprint density at radius 3 is 2.92 bits per heavy atom. The zero-order chi connectivity index (χ0) is 9.42. The normalized spacial score (nSPS) is 34.8. The van der Waals surface area contributed by atoms with Gasteiger partial charge in [0.1, 0.15) is 0 Å². The van der Waals surface area contributed by atoms with Crippen molar-refractivity contribution in [2.45, 2.75) is 38.0 Å². The summed E-state index contributed by atoms with van der Waals surface area (Å²) in [5.74, 6) is 0. The molecule has 2 fully saturated rings. The average Bonchev–Trinajstić information content (AvgIpc) is 2.15. The zero-order valence-corrected chi connectivity index (χ0v) is 7.39. The first kappa shape index (κ1) is 8.77. The number of carbonyl (C=O) groups is 1.